The molecule has 33 heavy (non-hydrogen) atoms. The molecule has 0 atom stereocenters. The zero-order chi connectivity index (χ0) is 22.5. The molecule has 166 valence electrons. The van der Waals surface area contributed by atoms with E-state index >= 15 is 0 Å². The van der Waals surface area contributed by atoms with E-state index in [0.29, 0.717) is 6.61 Å². The molecular formula is C31H31NO. The first kappa shape index (κ1) is 21.5. The van der Waals surface area contributed by atoms with Crippen LogP contribution in [0.4, 0.5) is 0 Å². The van der Waals surface area contributed by atoms with Crippen molar-refractivity contribution in [2.45, 2.75) is 52.1 Å². The maximum absolute atomic E-state index is 5.82. The van der Waals surface area contributed by atoms with Crippen LogP contribution in [0.3, 0.4) is 0 Å². The highest BCUT2D eigenvalue weighted by Crippen LogP contribution is 2.47. The number of benzene rings is 4. The second-order valence-corrected chi connectivity index (χ2v) is 8.95. The van der Waals surface area contributed by atoms with Gasteiger partial charge in [-0.05, 0) is 57.0 Å². The number of rotatable bonds is 10. The topological polar surface area (TPSA) is 21.6 Å². The van der Waals surface area contributed by atoms with Gasteiger partial charge in [0.25, 0.3) is 0 Å². The van der Waals surface area contributed by atoms with Gasteiger partial charge in [-0.2, -0.15) is 0 Å². The zero-order valence-electron chi connectivity index (χ0n) is 19.4. The van der Waals surface area contributed by atoms with Crippen molar-refractivity contribution < 1.29 is 4.84 Å². The SMILES string of the molecule is CCCCCCC(Cc1ccc2c3c(cccc13)-c1ccccc1-2)=NOCc1ccccc1. The molecule has 0 aromatic heterocycles. The van der Waals surface area contributed by atoms with Gasteiger partial charge in [0.2, 0.25) is 0 Å². The van der Waals surface area contributed by atoms with Gasteiger partial charge >= 0.3 is 0 Å². The largest absolute Gasteiger partial charge is 0.391 e. The molecular weight excluding hydrogens is 402 g/mol. The van der Waals surface area contributed by atoms with E-state index in [9.17, 15) is 0 Å². The number of hydrogen-bond acceptors (Lipinski definition) is 2. The average Bonchev–Trinajstić information content (AvgIpc) is 3.19. The molecule has 0 N–H and O–H groups in total. The lowest BCUT2D eigenvalue weighted by molar-refractivity contribution is 0.129. The van der Waals surface area contributed by atoms with Crippen LogP contribution in [0.2, 0.25) is 0 Å². The van der Waals surface area contributed by atoms with Gasteiger partial charge in [0, 0.05) is 6.42 Å². The number of hydrogen-bond donors (Lipinski definition) is 0. The molecule has 0 fully saturated rings. The molecule has 0 aliphatic heterocycles. The van der Waals surface area contributed by atoms with Crippen LogP contribution in [0, 0.1) is 0 Å². The lowest BCUT2D eigenvalue weighted by Gasteiger charge is -2.12. The second-order valence-electron chi connectivity index (χ2n) is 8.95. The van der Waals surface area contributed by atoms with Crippen LogP contribution in [0.15, 0.2) is 90.1 Å². The quantitative estimate of drug-likeness (QED) is 0.123. The monoisotopic (exact) mass is 433 g/mol. The molecule has 0 heterocycles. The molecule has 2 heteroatoms. The number of nitrogens with zero attached hydrogens (tertiary/aromatic N) is 1. The number of unbranched alkanes of at least 4 members (excludes halogenated alkanes) is 3. The Morgan fingerprint density at radius 3 is 2.21 bits per heavy atom. The fourth-order valence-electron chi connectivity index (χ4n) is 4.94. The standard InChI is InChI=1S/C31H31NO/c1-2-3-4-8-14-25(32-33-22-23-12-6-5-7-13-23)21-24-19-20-30-28-16-10-9-15-27(28)29-18-11-17-26(24)31(29)30/h5-7,9-13,15-20H,2-4,8,14,21-22H2,1H3. The maximum Gasteiger partial charge on any atom is 0.142 e. The predicted octanol–water partition coefficient (Wildman–Crippen LogP) is 8.57. The Kier molecular flexibility index (Phi) is 6.53. The smallest absolute Gasteiger partial charge is 0.142 e. The fraction of sp³-hybridized carbons (Fsp3) is 0.258. The van der Waals surface area contributed by atoms with Crippen LogP contribution in [0.25, 0.3) is 33.0 Å². The van der Waals surface area contributed by atoms with Crippen molar-refractivity contribution in [2.75, 3.05) is 0 Å². The van der Waals surface area contributed by atoms with E-state index in [4.69, 9.17) is 4.84 Å². The van der Waals surface area contributed by atoms with Gasteiger partial charge in [0.15, 0.2) is 0 Å². The highest BCUT2D eigenvalue weighted by molar-refractivity contribution is 6.16. The Morgan fingerprint density at radius 1 is 0.697 bits per heavy atom. The molecule has 4 aromatic carbocycles. The molecule has 0 amide bonds. The van der Waals surface area contributed by atoms with E-state index < -0.39 is 0 Å². The van der Waals surface area contributed by atoms with Crippen molar-refractivity contribution in [1.29, 1.82) is 0 Å². The minimum Gasteiger partial charge on any atom is -0.391 e. The van der Waals surface area contributed by atoms with Gasteiger partial charge in [-0.1, -0.05) is 116 Å². The molecule has 0 unspecified atom stereocenters. The Balaban J connectivity index is 1.42. The van der Waals surface area contributed by atoms with Gasteiger partial charge in [-0.25, -0.2) is 0 Å². The Hall–Kier alpha value is -3.39. The summed E-state index contributed by atoms with van der Waals surface area (Å²) in [6.45, 7) is 2.77. The minimum atomic E-state index is 0.512. The highest BCUT2D eigenvalue weighted by atomic mass is 16.6. The van der Waals surface area contributed by atoms with E-state index in [2.05, 4.69) is 78.8 Å². The molecule has 5 rings (SSSR count). The van der Waals surface area contributed by atoms with Crippen LogP contribution in [0.1, 0.15) is 50.2 Å². The van der Waals surface area contributed by atoms with Crippen molar-refractivity contribution in [3.8, 4) is 22.3 Å². The van der Waals surface area contributed by atoms with Gasteiger partial charge in [-0.15, -0.1) is 0 Å². The summed E-state index contributed by atoms with van der Waals surface area (Å²) in [5, 5.41) is 7.36. The van der Waals surface area contributed by atoms with Crippen molar-refractivity contribution >= 4 is 16.5 Å². The van der Waals surface area contributed by atoms with Gasteiger partial charge in [0.05, 0.1) is 5.71 Å². The van der Waals surface area contributed by atoms with Crippen molar-refractivity contribution in [3.63, 3.8) is 0 Å². The first-order chi connectivity index (χ1) is 16.3. The summed E-state index contributed by atoms with van der Waals surface area (Å²) in [6, 6.07) is 30.3. The van der Waals surface area contributed by atoms with Crippen molar-refractivity contribution in [2.24, 2.45) is 5.16 Å². The van der Waals surface area contributed by atoms with Crippen LogP contribution in [0.5, 0.6) is 0 Å². The number of oxime groups is 1. The lowest BCUT2D eigenvalue weighted by atomic mass is 9.94. The Morgan fingerprint density at radius 2 is 1.42 bits per heavy atom. The predicted molar refractivity (Wildman–Crippen MR) is 140 cm³/mol. The first-order valence-corrected chi connectivity index (χ1v) is 12.2. The molecule has 1 aliphatic rings. The number of fused-ring (bicyclic) bond motifs is 3. The normalized spacial score (nSPS) is 12.2. The first-order valence-electron chi connectivity index (χ1n) is 12.2. The molecule has 4 aromatic rings. The second kappa shape index (κ2) is 10.0. The van der Waals surface area contributed by atoms with E-state index in [1.165, 1.54) is 57.9 Å². The summed E-state index contributed by atoms with van der Waals surface area (Å²) in [7, 11) is 0. The van der Waals surface area contributed by atoms with E-state index in [1.807, 2.05) is 18.2 Å². The minimum absolute atomic E-state index is 0.512. The zero-order valence-corrected chi connectivity index (χ0v) is 19.4. The summed E-state index contributed by atoms with van der Waals surface area (Å²) in [4.78, 5) is 5.82. The van der Waals surface area contributed by atoms with Crippen molar-refractivity contribution in [1.82, 2.24) is 0 Å². The van der Waals surface area contributed by atoms with E-state index in [1.54, 1.807) is 0 Å². The summed E-state index contributed by atoms with van der Waals surface area (Å²) in [6.07, 6.45) is 6.74. The van der Waals surface area contributed by atoms with Gasteiger partial charge in [0.1, 0.15) is 6.61 Å². The van der Waals surface area contributed by atoms with E-state index in [-0.39, 0.29) is 0 Å². The molecule has 0 saturated heterocycles. The Labute approximate surface area is 196 Å². The molecule has 2 nitrogen and oxygen atoms in total. The Bertz CT molecular complexity index is 1240. The van der Waals surface area contributed by atoms with Crippen LogP contribution in [-0.4, -0.2) is 5.71 Å². The van der Waals surface area contributed by atoms with Crippen LogP contribution >= 0.6 is 0 Å². The summed E-state index contributed by atoms with van der Waals surface area (Å²) >= 11 is 0. The molecule has 0 spiro atoms. The van der Waals surface area contributed by atoms with Crippen molar-refractivity contribution in [3.05, 3.63) is 96.1 Å². The summed E-state index contributed by atoms with van der Waals surface area (Å²) in [5.74, 6) is 0. The lowest BCUT2D eigenvalue weighted by Crippen LogP contribution is -2.06. The van der Waals surface area contributed by atoms with Gasteiger partial charge < -0.3 is 4.84 Å². The fourth-order valence-corrected chi connectivity index (χ4v) is 4.94. The maximum atomic E-state index is 5.82. The van der Waals surface area contributed by atoms with Crippen LogP contribution < -0.4 is 0 Å². The molecule has 1 aliphatic carbocycles. The molecule has 0 bridgehead atoms. The molecule has 0 radical (unpaired) electrons. The van der Waals surface area contributed by atoms with Crippen LogP contribution in [-0.2, 0) is 17.9 Å². The third-order valence-electron chi connectivity index (χ3n) is 6.62. The van der Waals surface area contributed by atoms with E-state index in [0.717, 1.165) is 30.5 Å². The summed E-state index contributed by atoms with van der Waals surface area (Å²) in [5.41, 5.74) is 9.00. The average molecular weight is 434 g/mol. The molecule has 0 saturated carbocycles. The third kappa shape index (κ3) is 4.57. The third-order valence-corrected chi connectivity index (χ3v) is 6.62. The van der Waals surface area contributed by atoms with Gasteiger partial charge in [-0.3, -0.25) is 0 Å². The summed E-state index contributed by atoms with van der Waals surface area (Å²) < 4.78 is 0. The highest BCUT2D eigenvalue weighted by Gasteiger charge is 2.22.